The van der Waals surface area contributed by atoms with E-state index in [9.17, 15) is 18.8 Å². The number of rotatable bonds is 7. The topological polar surface area (TPSA) is 76.2 Å². The first kappa shape index (κ1) is 22.3. The summed E-state index contributed by atoms with van der Waals surface area (Å²) in [7, 11) is 6.06. The molecule has 0 radical (unpaired) electrons. The lowest BCUT2D eigenvalue weighted by molar-refractivity contribution is -0.141. The zero-order valence-corrected chi connectivity index (χ0v) is 18.0. The molecule has 7 nitrogen and oxygen atoms in total. The van der Waals surface area contributed by atoms with Crippen molar-refractivity contribution in [1.29, 1.82) is 0 Å². The number of benzene rings is 2. The maximum Gasteiger partial charge on any atom is 0.240 e. The molecule has 164 valence electrons. The van der Waals surface area contributed by atoms with E-state index in [0.717, 1.165) is 10.5 Å². The van der Waals surface area contributed by atoms with Gasteiger partial charge in [0.05, 0.1) is 19.6 Å². The molecule has 31 heavy (non-hydrogen) atoms. The number of likely N-dealkylation sites (N-methyl/N-ethyl adjacent to an activating group) is 1. The Morgan fingerprint density at radius 3 is 2.42 bits per heavy atom. The monoisotopic (exact) mass is 428 g/mol. The molecule has 1 aliphatic rings. The third kappa shape index (κ3) is 4.23. The number of halogens is 1. The van der Waals surface area contributed by atoms with Crippen LogP contribution in [0.4, 0.5) is 4.39 Å². The number of carbonyl (C=O) groups excluding carboxylic acids is 3. The van der Waals surface area contributed by atoms with Gasteiger partial charge in [-0.15, -0.1) is 0 Å². The van der Waals surface area contributed by atoms with Crippen LogP contribution in [0.25, 0.3) is 0 Å². The lowest BCUT2D eigenvalue weighted by Gasteiger charge is -2.29. The molecule has 1 saturated heterocycles. The predicted octanol–water partition coefficient (Wildman–Crippen LogP) is 2.52. The van der Waals surface area contributed by atoms with Gasteiger partial charge in [-0.3, -0.25) is 19.3 Å². The fourth-order valence-corrected chi connectivity index (χ4v) is 3.87. The van der Waals surface area contributed by atoms with Crippen molar-refractivity contribution in [3.8, 4) is 11.5 Å². The Kier molecular flexibility index (Phi) is 6.29. The predicted molar refractivity (Wildman–Crippen MR) is 111 cm³/mol. The Morgan fingerprint density at radius 1 is 1.13 bits per heavy atom. The van der Waals surface area contributed by atoms with E-state index in [0.29, 0.717) is 17.1 Å². The summed E-state index contributed by atoms with van der Waals surface area (Å²) < 4.78 is 24.4. The molecule has 1 fully saturated rings. The number of hydrogen-bond donors (Lipinski definition) is 0. The Hall–Kier alpha value is -3.42. The van der Waals surface area contributed by atoms with Gasteiger partial charge in [-0.05, 0) is 35.4 Å². The van der Waals surface area contributed by atoms with Crippen molar-refractivity contribution in [3.63, 3.8) is 0 Å². The molecular weight excluding hydrogens is 403 g/mol. The third-order valence-corrected chi connectivity index (χ3v) is 5.66. The quantitative estimate of drug-likeness (QED) is 0.634. The number of carbonyl (C=O) groups is 3. The van der Waals surface area contributed by atoms with Crippen molar-refractivity contribution in [2.75, 3.05) is 28.3 Å². The molecule has 0 aromatic heterocycles. The van der Waals surface area contributed by atoms with Gasteiger partial charge in [0.2, 0.25) is 17.7 Å². The number of methoxy groups -OCH3 is 2. The molecule has 0 N–H and O–H groups in total. The molecule has 2 aromatic rings. The first-order valence-corrected chi connectivity index (χ1v) is 9.73. The number of nitrogens with zero attached hydrogens (tertiary/aromatic N) is 2. The van der Waals surface area contributed by atoms with Crippen LogP contribution in [0.1, 0.15) is 24.0 Å². The van der Waals surface area contributed by atoms with Crippen LogP contribution < -0.4 is 9.47 Å². The second-order valence-corrected chi connectivity index (χ2v) is 7.64. The lowest BCUT2D eigenvalue weighted by Crippen LogP contribution is -2.41. The summed E-state index contributed by atoms with van der Waals surface area (Å²) in [5, 5.41) is 0. The van der Waals surface area contributed by atoms with Crippen LogP contribution in [-0.2, 0) is 26.3 Å². The highest BCUT2D eigenvalue weighted by atomic mass is 19.1. The maximum atomic E-state index is 13.9. The van der Waals surface area contributed by atoms with E-state index in [1.54, 1.807) is 25.2 Å². The van der Waals surface area contributed by atoms with Crippen molar-refractivity contribution >= 4 is 17.7 Å². The molecule has 0 bridgehead atoms. The van der Waals surface area contributed by atoms with Crippen LogP contribution in [-0.4, -0.2) is 55.8 Å². The molecule has 8 heteroatoms. The summed E-state index contributed by atoms with van der Waals surface area (Å²) in [5.74, 6) is -0.660. The highest BCUT2D eigenvalue weighted by Crippen LogP contribution is 2.40. The van der Waals surface area contributed by atoms with Gasteiger partial charge in [0.25, 0.3) is 0 Å². The molecule has 3 rings (SSSR count). The fourth-order valence-electron chi connectivity index (χ4n) is 3.87. The molecular formula is C23H25FN2O5. The SMILES string of the molecule is COc1ccc(CN(C)C(=O)C[C@@]2(c3cccc(F)c3)CC(=O)N(C)C2=O)cc1OC. The molecule has 3 amide bonds. The third-order valence-electron chi connectivity index (χ3n) is 5.66. The summed E-state index contributed by atoms with van der Waals surface area (Å²) >= 11 is 0. The molecule has 0 saturated carbocycles. The molecule has 0 aliphatic carbocycles. The average Bonchev–Trinajstić information content (AvgIpc) is 2.97. The lowest BCUT2D eigenvalue weighted by atomic mass is 9.75. The van der Waals surface area contributed by atoms with Crippen LogP contribution >= 0.6 is 0 Å². The van der Waals surface area contributed by atoms with Crippen LogP contribution in [0, 0.1) is 5.82 Å². The summed E-state index contributed by atoms with van der Waals surface area (Å²) in [5.41, 5.74) is -0.293. The molecule has 1 aliphatic heterocycles. The first-order valence-electron chi connectivity index (χ1n) is 9.73. The van der Waals surface area contributed by atoms with Crippen LogP contribution in [0.3, 0.4) is 0 Å². The Balaban J connectivity index is 1.86. The van der Waals surface area contributed by atoms with Gasteiger partial charge >= 0.3 is 0 Å². The molecule has 0 unspecified atom stereocenters. The van der Waals surface area contributed by atoms with Gasteiger partial charge in [0.15, 0.2) is 11.5 Å². The maximum absolute atomic E-state index is 13.9. The Bertz CT molecular complexity index is 1020. The highest BCUT2D eigenvalue weighted by Gasteiger charge is 2.52. The van der Waals surface area contributed by atoms with Gasteiger partial charge in [-0.2, -0.15) is 0 Å². The van der Waals surface area contributed by atoms with E-state index in [4.69, 9.17) is 9.47 Å². The van der Waals surface area contributed by atoms with E-state index in [2.05, 4.69) is 0 Å². The van der Waals surface area contributed by atoms with E-state index in [1.807, 2.05) is 6.07 Å². The number of hydrogen-bond acceptors (Lipinski definition) is 5. The first-order chi connectivity index (χ1) is 14.7. The summed E-state index contributed by atoms with van der Waals surface area (Å²) in [6.07, 6.45) is -0.420. The standard InChI is InChI=1S/C23H25FN2O5/c1-25(14-15-8-9-18(30-3)19(10-15)31-4)20(27)12-23(13-21(28)26(2)22(23)29)16-6-5-7-17(24)11-16/h5-11H,12-14H2,1-4H3/t23-/m0/s1. The Morgan fingerprint density at radius 2 is 1.84 bits per heavy atom. The largest absolute Gasteiger partial charge is 0.493 e. The normalized spacial score (nSPS) is 18.3. The van der Waals surface area contributed by atoms with Crippen molar-refractivity contribution in [2.24, 2.45) is 0 Å². The minimum atomic E-state index is -1.42. The fraction of sp³-hybridized carbons (Fsp3) is 0.348. The van der Waals surface area contributed by atoms with E-state index < -0.39 is 23.0 Å². The number of ether oxygens (including phenoxy) is 2. The number of likely N-dealkylation sites (tertiary alicyclic amines) is 1. The van der Waals surface area contributed by atoms with Crippen LogP contribution in [0.5, 0.6) is 11.5 Å². The molecule has 1 heterocycles. The van der Waals surface area contributed by atoms with E-state index in [-0.39, 0.29) is 25.3 Å². The smallest absolute Gasteiger partial charge is 0.240 e. The zero-order chi connectivity index (χ0) is 22.8. The minimum Gasteiger partial charge on any atom is -0.493 e. The van der Waals surface area contributed by atoms with Crippen molar-refractivity contribution in [3.05, 3.63) is 59.4 Å². The van der Waals surface area contributed by atoms with E-state index in [1.165, 1.54) is 44.4 Å². The molecule has 1 atom stereocenters. The van der Waals surface area contributed by atoms with Gasteiger partial charge < -0.3 is 14.4 Å². The summed E-state index contributed by atoms with van der Waals surface area (Å²) in [6.45, 7) is 0.260. The van der Waals surface area contributed by atoms with Crippen molar-refractivity contribution in [2.45, 2.75) is 24.8 Å². The molecule has 0 spiro atoms. The van der Waals surface area contributed by atoms with Gasteiger partial charge in [-0.1, -0.05) is 18.2 Å². The van der Waals surface area contributed by atoms with Crippen molar-refractivity contribution in [1.82, 2.24) is 9.80 Å². The highest BCUT2D eigenvalue weighted by molar-refractivity contribution is 6.10. The average molecular weight is 428 g/mol. The second kappa shape index (κ2) is 8.75. The van der Waals surface area contributed by atoms with Gasteiger partial charge in [-0.25, -0.2) is 4.39 Å². The number of amides is 3. The van der Waals surface area contributed by atoms with Crippen molar-refractivity contribution < 1.29 is 28.2 Å². The summed E-state index contributed by atoms with van der Waals surface area (Å²) in [4.78, 5) is 40.9. The summed E-state index contributed by atoms with van der Waals surface area (Å²) in [6, 6.07) is 10.8. The van der Waals surface area contributed by atoms with Gasteiger partial charge in [0, 0.05) is 33.5 Å². The minimum absolute atomic E-state index is 0.179. The van der Waals surface area contributed by atoms with Gasteiger partial charge in [0.1, 0.15) is 5.82 Å². The Labute approximate surface area is 180 Å². The van der Waals surface area contributed by atoms with Crippen LogP contribution in [0.15, 0.2) is 42.5 Å². The number of imide groups is 1. The zero-order valence-electron chi connectivity index (χ0n) is 18.0. The van der Waals surface area contributed by atoms with Crippen LogP contribution in [0.2, 0.25) is 0 Å². The molecule has 2 aromatic carbocycles. The van der Waals surface area contributed by atoms with E-state index >= 15 is 0 Å². The second-order valence-electron chi connectivity index (χ2n) is 7.64.